The minimum absolute atomic E-state index is 0.167. The standard InChI is InChI=1S/C13H16N2O3S2/c1-9(2)11-8-10(4-5-12(11)18-3)20(16,17)15-13-14-6-7-19-13/h4-9H,1-3H3,(H,14,15). The molecule has 0 spiro atoms. The van der Waals surface area contributed by atoms with Crippen LogP contribution in [0.2, 0.25) is 0 Å². The van der Waals surface area contributed by atoms with E-state index in [2.05, 4.69) is 9.71 Å². The summed E-state index contributed by atoms with van der Waals surface area (Å²) in [5.41, 5.74) is 0.856. The lowest BCUT2D eigenvalue weighted by molar-refractivity contribution is 0.407. The number of hydrogen-bond acceptors (Lipinski definition) is 5. The van der Waals surface area contributed by atoms with Crippen LogP contribution in [-0.2, 0) is 10.0 Å². The molecule has 0 fully saturated rings. The van der Waals surface area contributed by atoms with Gasteiger partial charge in [-0.15, -0.1) is 11.3 Å². The van der Waals surface area contributed by atoms with E-state index in [9.17, 15) is 8.42 Å². The first-order valence-electron chi connectivity index (χ1n) is 6.04. The number of rotatable bonds is 5. The van der Waals surface area contributed by atoms with E-state index >= 15 is 0 Å². The normalized spacial score (nSPS) is 11.6. The Balaban J connectivity index is 2.39. The van der Waals surface area contributed by atoms with Crippen molar-refractivity contribution >= 4 is 26.5 Å². The monoisotopic (exact) mass is 312 g/mol. The second-order valence-electron chi connectivity index (χ2n) is 4.50. The molecular formula is C13H16N2O3S2. The maximum Gasteiger partial charge on any atom is 0.263 e. The van der Waals surface area contributed by atoms with Crippen LogP contribution in [0.4, 0.5) is 5.13 Å². The third kappa shape index (κ3) is 3.10. The van der Waals surface area contributed by atoms with Gasteiger partial charge in [0, 0.05) is 11.6 Å². The van der Waals surface area contributed by atoms with Crippen molar-refractivity contribution in [3.63, 3.8) is 0 Å². The van der Waals surface area contributed by atoms with Gasteiger partial charge in [0.1, 0.15) is 5.75 Å². The highest BCUT2D eigenvalue weighted by Gasteiger charge is 2.18. The van der Waals surface area contributed by atoms with Crippen LogP contribution in [0.3, 0.4) is 0 Å². The largest absolute Gasteiger partial charge is 0.496 e. The van der Waals surface area contributed by atoms with Crippen molar-refractivity contribution < 1.29 is 13.2 Å². The summed E-state index contributed by atoms with van der Waals surface area (Å²) in [5.74, 6) is 0.855. The van der Waals surface area contributed by atoms with Gasteiger partial charge >= 0.3 is 0 Å². The first kappa shape index (κ1) is 14.8. The lowest BCUT2D eigenvalue weighted by Crippen LogP contribution is -2.13. The molecule has 0 saturated carbocycles. The van der Waals surface area contributed by atoms with Gasteiger partial charge in [0.05, 0.1) is 12.0 Å². The van der Waals surface area contributed by atoms with Gasteiger partial charge in [-0.2, -0.15) is 0 Å². The average molecular weight is 312 g/mol. The van der Waals surface area contributed by atoms with Gasteiger partial charge in [-0.05, 0) is 29.7 Å². The second-order valence-corrected chi connectivity index (χ2v) is 7.08. The topological polar surface area (TPSA) is 68.3 Å². The predicted molar refractivity (Wildman–Crippen MR) is 80.0 cm³/mol. The van der Waals surface area contributed by atoms with E-state index in [4.69, 9.17) is 4.74 Å². The van der Waals surface area contributed by atoms with Crippen LogP contribution in [0.15, 0.2) is 34.7 Å². The molecule has 0 unspecified atom stereocenters. The zero-order valence-electron chi connectivity index (χ0n) is 11.5. The van der Waals surface area contributed by atoms with E-state index in [0.717, 1.165) is 5.56 Å². The van der Waals surface area contributed by atoms with Gasteiger partial charge in [0.15, 0.2) is 5.13 Å². The van der Waals surface area contributed by atoms with Gasteiger partial charge in [-0.3, -0.25) is 4.72 Å². The Kier molecular flexibility index (Phi) is 4.29. The summed E-state index contributed by atoms with van der Waals surface area (Å²) < 4.78 is 32.3. The molecule has 2 aromatic rings. The molecule has 0 atom stereocenters. The summed E-state index contributed by atoms with van der Waals surface area (Å²) in [5, 5.41) is 2.07. The van der Waals surface area contributed by atoms with Crippen LogP contribution < -0.4 is 9.46 Å². The van der Waals surface area contributed by atoms with Crippen LogP contribution in [0.1, 0.15) is 25.3 Å². The first-order valence-corrected chi connectivity index (χ1v) is 8.40. The summed E-state index contributed by atoms with van der Waals surface area (Å²) in [7, 11) is -2.05. The lowest BCUT2D eigenvalue weighted by atomic mass is 10.0. The van der Waals surface area contributed by atoms with Gasteiger partial charge in [0.25, 0.3) is 10.0 Å². The van der Waals surface area contributed by atoms with Crippen molar-refractivity contribution in [3.05, 3.63) is 35.3 Å². The summed E-state index contributed by atoms with van der Waals surface area (Å²) >= 11 is 1.24. The zero-order valence-corrected chi connectivity index (χ0v) is 13.1. The van der Waals surface area contributed by atoms with E-state index < -0.39 is 10.0 Å². The number of anilines is 1. The van der Waals surface area contributed by atoms with Gasteiger partial charge in [0.2, 0.25) is 0 Å². The molecule has 1 aromatic carbocycles. The molecule has 108 valence electrons. The minimum Gasteiger partial charge on any atom is -0.496 e. The van der Waals surface area contributed by atoms with Crippen LogP contribution in [0.5, 0.6) is 5.75 Å². The number of sulfonamides is 1. The molecule has 0 radical (unpaired) electrons. The molecule has 7 heteroatoms. The number of hydrogen-bond donors (Lipinski definition) is 1. The fourth-order valence-corrected chi connectivity index (χ4v) is 3.60. The zero-order chi connectivity index (χ0) is 14.8. The number of benzene rings is 1. The quantitative estimate of drug-likeness (QED) is 0.921. The molecule has 0 saturated heterocycles. The predicted octanol–water partition coefficient (Wildman–Crippen LogP) is 3.08. The Labute approximate surface area is 122 Å². The van der Waals surface area contributed by atoms with E-state index in [1.807, 2.05) is 13.8 Å². The van der Waals surface area contributed by atoms with Crippen molar-refractivity contribution in [3.8, 4) is 5.75 Å². The van der Waals surface area contributed by atoms with Crippen LogP contribution in [-0.4, -0.2) is 20.5 Å². The molecule has 0 amide bonds. The fourth-order valence-electron chi connectivity index (χ4n) is 1.78. The average Bonchev–Trinajstić information content (AvgIpc) is 2.89. The van der Waals surface area contributed by atoms with Gasteiger partial charge in [-0.25, -0.2) is 13.4 Å². The van der Waals surface area contributed by atoms with E-state index in [1.165, 1.54) is 17.4 Å². The number of nitrogens with zero attached hydrogens (tertiary/aromatic N) is 1. The molecule has 0 aliphatic carbocycles. The van der Waals surface area contributed by atoms with Crippen molar-refractivity contribution in [2.45, 2.75) is 24.7 Å². The Bertz CT molecular complexity index is 680. The van der Waals surface area contributed by atoms with Crippen molar-refractivity contribution in [2.75, 3.05) is 11.8 Å². The first-order chi connectivity index (χ1) is 9.44. The highest BCUT2D eigenvalue weighted by Crippen LogP contribution is 2.29. The molecule has 0 aliphatic heterocycles. The maximum absolute atomic E-state index is 12.3. The number of thiazole rings is 1. The minimum atomic E-state index is -3.62. The summed E-state index contributed by atoms with van der Waals surface area (Å²) in [4.78, 5) is 4.13. The van der Waals surface area contributed by atoms with Crippen LogP contribution >= 0.6 is 11.3 Å². The molecule has 1 heterocycles. The highest BCUT2D eigenvalue weighted by atomic mass is 32.2. The smallest absolute Gasteiger partial charge is 0.263 e. The number of methoxy groups -OCH3 is 1. The Morgan fingerprint density at radius 3 is 2.65 bits per heavy atom. The molecule has 2 rings (SSSR count). The summed E-state index contributed by atoms with van der Waals surface area (Å²) in [6.07, 6.45) is 1.55. The molecule has 0 aliphatic rings. The van der Waals surface area contributed by atoms with Gasteiger partial charge in [-0.1, -0.05) is 13.8 Å². The molecule has 0 bridgehead atoms. The molecule has 1 N–H and O–H groups in total. The Hall–Kier alpha value is -1.60. The summed E-state index contributed by atoms with van der Waals surface area (Å²) in [6, 6.07) is 4.84. The number of ether oxygens (including phenoxy) is 1. The van der Waals surface area contributed by atoms with Gasteiger partial charge < -0.3 is 4.74 Å². The SMILES string of the molecule is COc1ccc(S(=O)(=O)Nc2nccs2)cc1C(C)C. The van der Waals surface area contributed by atoms with Crippen LogP contribution in [0, 0.1) is 0 Å². The van der Waals surface area contributed by atoms with E-state index in [-0.39, 0.29) is 10.8 Å². The number of aromatic nitrogens is 1. The molecular weight excluding hydrogens is 296 g/mol. The second kappa shape index (κ2) is 5.80. The van der Waals surface area contributed by atoms with Crippen LogP contribution in [0.25, 0.3) is 0 Å². The van der Waals surface area contributed by atoms with Crippen molar-refractivity contribution in [1.29, 1.82) is 0 Å². The molecule has 5 nitrogen and oxygen atoms in total. The van der Waals surface area contributed by atoms with E-state index in [1.54, 1.807) is 30.8 Å². The fraction of sp³-hybridized carbons (Fsp3) is 0.308. The Morgan fingerprint density at radius 2 is 2.10 bits per heavy atom. The van der Waals surface area contributed by atoms with E-state index in [0.29, 0.717) is 10.9 Å². The number of nitrogens with one attached hydrogen (secondary N) is 1. The highest BCUT2D eigenvalue weighted by molar-refractivity contribution is 7.93. The Morgan fingerprint density at radius 1 is 1.35 bits per heavy atom. The molecule has 20 heavy (non-hydrogen) atoms. The molecule has 1 aromatic heterocycles. The third-order valence-corrected chi connectivity index (χ3v) is 4.94. The lowest BCUT2D eigenvalue weighted by Gasteiger charge is -2.13. The van der Waals surface area contributed by atoms with Crippen molar-refractivity contribution in [2.24, 2.45) is 0 Å². The summed E-state index contributed by atoms with van der Waals surface area (Å²) in [6.45, 7) is 3.98. The van der Waals surface area contributed by atoms with Crippen molar-refractivity contribution in [1.82, 2.24) is 4.98 Å². The maximum atomic E-state index is 12.3. The third-order valence-electron chi connectivity index (χ3n) is 2.79.